The average Bonchev–Trinajstić information content (AvgIpc) is 2.38. The predicted octanol–water partition coefficient (Wildman–Crippen LogP) is 2.56. The summed E-state index contributed by atoms with van der Waals surface area (Å²) in [7, 11) is 0. The summed E-state index contributed by atoms with van der Waals surface area (Å²) in [6.07, 6.45) is 8.37. The summed E-state index contributed by atoms with van der Waals surface area (Å²) in [6, 6.07) is 3.65. The van der Waals surface area contributed by atoms with Gasteiger partial charge in [-0.25, -0.2) is 4.98 Å². The van der Waals surface area contributed by atoms with Gasteiger partial charge in [-0.15, -0.1) is 0 Å². The van der Waals surface area contributed by atoms with E-state index in [2.05, 4.69) is 24.1 Å². The third kappa shape index (κ3) is 3.30. The van der Waals surface area contributed by atoms with Gasteiger partial charge in [-0.2, -0.15) is 0 Å². The minimum Gasteiger partial charge on any atom is -0.477 e. The molecule has 0 bridgehead atoms. The van der Waals surface area contributed by atoms with E-state index in [0.717, 1.165) is 25.0 Å². The first-order valence-electron chi connectivity index (χ1n) is 6.13. The predicted molar refractivity (Wildman–Crippen MR) is 66.7 cm³/mol. The highest BCUT2D eigenvalue weighted by Crippen LogP contribution is 2.25. The maximum Gasteiger partial charge on any atom is 0.213 e. The molecule has 0 radical (unpaired) electrons. The average molecular weight is 233 g/mol. The third-order valence-corrected chi connectivity index (χ3v) is 3.34. The molecular weight excluding hydrogens is 214 g/mol. The fraction of sp³-hybridized carbons (Fsp3) is 0.500. The molecule has 1 aromatic rings. The molecule has 1 N–H and O–H groups in total. The maximum absolute atomic E-state index is 8.91. The van der Waals surface area contributed by atoms with Crippen molar-refractivity contribution in [3.05, 3.63) is 36.0 Å². The number of ether oxygens (including phenoxy) is 1. The second kappa shape index (κ2) is 5.82. The Balaban J connectivity index is 1.86. The summed E-state index contributed by atoms with van der Waals surface area (Å²) in [5.74, 6) is 1.90. The maximum atomic E-state index is 8.91. The Labute approximate surface area is 102 Å². The number of nitrogens with zero attached hydrogens (tertiary/aromatic N) is 1. The van der Waals surface area contributed by atoms with Crippen molar-refractivity contribution in [2.75, 3.05) is 6.61 Å². The number of rotatable bonds is 4. The minimum absolute atomic E-state index is 0.0255. The number of allylic oxidation sites excluding steroid dienone is 2. The van der Waals surface area contributed by atoms with Crippen LogP contribution < -0.4 is 4.74 Å². The summed E-state index contributed by atoms with van der Waals surface area (Å²) in [5, 5.41) is 8.91. The molecule has 0 aliphatic heterocycles. The topological polar surface area (TPSA) is 42.4 Å². The van der Waals surface area contributed by atoms with E-state index in [0.29, 0.717) is 17.7 Å². The highest BCUT2D eigenvalue weighted by atomic mass is 16.5. The quantitative estimate of drug-likeness (QED) is 0.813. The molecule has 0 aromatic carbocycles. The molecule has 2 atom stereocenters. The molecule has 0 saturated carbocycles. The van der Waals surface area contributed by atoms with Crippen LogP contribution in [0, 0.1) is 11.8 Å². The number of pyridine rings is 1. The van der Waals surface area contributed by atoms with Crippen molar-refractivity contribution in [1.29, 1.82) is 0 Å². The third-order valence-electron chi connectivity index (χ3n) is 3.34. The highest BCUT2D eigenvalue weighted by Gasteiger charge is 2.18. The van der Waals surface area contributed by atoms with Crippen molar-refractivity contribution >= 4 is 0 Å². The molecule has 1 aromatic heterocycles. The first-order valence-corrected chi connectivity index (χ1v) is 6.13. The van der Waals surface area contributed by atoms with Gasteiger partial charge in [-0.3, -0.25) is 0 Å². The molecule has 3 heteroatoms. The van der Waals surface area contributed by atoms with Gasteiger partial charge in [0, 0.05) is 12.3 Å². The summed E-state index contributed by atoms with van der Waals surface area (Å²) in [6.45, 7) is 3.01. The zero-order chi connectivity index (χ0) is 12.1. The van der Waals surface area contributed by atoms with Crippen molar-refractivity contribution in [3.63, 3.8) is 0 Å². The number of aromatic nitrogens is 1. The molecule has 92 valence electrons. The number of hydrogen-bond donors (Lipinski definition) is 1. The standard InChI is InChI=1S/C14H19NO2/c1-11-4-2-3-5-13(11)10-17-14-7-6-12(9-16)8-15-14/h2-3,6-8,11,13,16H,4-5,9-10H2,1H3. The second-order valence-corrected chi connectivity index (χ2v) is 4.65. The van der Waals surface area contributed by atoms with Gasteiger partial charge in [-0.05, 0) is 36.3 Å². The fourth-order valence-corrected chi connectivity index (χ4v) is 2.02. The van der Waals surface area contributed by atoms with E-state index in [1.165, 1.54) is 0 Å². The fourth-order valence-electron chi connectivity index (χ4n) is 2.02. The smallest absolute Gasteiger partial charge is 0.213 e. The Morgan fingerprint density at radius 3 is 2.82 bits per heavy atom. The number of aliphatic hydroxyl groups excluding tert-OH is 1. The molecule has 17 heavy (non-hydrogen) atoms. The largest absolute Gasteiger partial charge is 0.477 e. The Morgan fingerprint density at radius 1 is 1.35 bits per heavy atom. The summed E-state index contributed by atoms with van der Waals surface area (Å²) in [5.41, 5.74) is 0.811. The zero-order valence-electron chi connectivity index (χ0n) is 10.2. The van der Waals surface area contributed by atoms with Crippen LogP contribution in [0.3, 0.4) is 0 Å². The molecule has 2 rings (SSSR count). The van der Waals surface area contributed by atoms with Crippen LogP contribution in [0.5, 0.6) is 5.88 Å². The normalized spacial score (nSPS) is 23.6. The van der Waals surface area contributed by atoms with Crippen LogP contribution in [0.2, 0.25) is 0 Å². The molecule has 1 heterocycles. The molecule has 0 amide bonds. The van der Waals surface area contributed by atoms with E-state index in [1.807, 2.05) is 12.1 Å². The summed E-state index contributed by atoms with van der Waals surface area (Å²) in [4.78, 5) is 4.16. The van der Waals surface area contributed by atoms with E-state index >= 15 is 0 Å². The summed E-state index contributed by atoms with van der Waals surface area (Å²) >= 11 is 0. The molecular formula is C14H19NO2. The monoisotopic (exact) mass is 233 g/mol. The van der Waals surface area contributed by atoms with Crippen LogP contribution in [0.1, 0.15) is 25.3 Å². The van der Waals surface area contributed by atoms with E-state index < -0.39 is 0 Å². The van der Waals surface area contributed by atoms with Gasteiger partial charge in [0.2, 0.25) is 5.88 Å². The molecule has 0 fully saturated rings. The molecule has 0 saturated heterocycles. The first-order chi connectivity index (χ1) is 8.29. The van der Waals surface area contributed by atoms with Crippen LogP contribution in [0.15, 0.2) is 30.5 Å². The lowest BCUT2D eigenvalue weighted by Crippen LogP contribution is -2.21. The number of aliphatic hydroxyl groups is 1. The lowest BCUT2D eigenvalue weighted by molar-refractivity contribution is 0.192. The van der Waals surface area contributed by atoms with Gasteiger partial charge >= 0.3 is 0 Å². The SMILES string of the molecule is CC1CC=CCC1COc1ccc(CO)cn1. The Morgan fingerprint density at radius 2 is 2.18 bits per heavy atom. The van der Waals surface area contributed by atoms with Crippen LogP contribution in [0.4, 0.5) is 0 Å². The van der Waals surface area contributed by atoms with Crippen LogP contribution in [-0.2, 0) is 6.61 Å². The molecule has 2 unspecified atom stereocenters. The van der Waals surface area contributed by atoms with E-state index in [1.54, 1.807) is 6.20 Å². The zero-order valence-corrected chi connectivity index (χ0v) is 10.2. The molecule has 3 nitrogen and oxygen atoms in total. The highest BCUT2D eigenvalue weighted by molar-refractivity contribution is 5.17. The van der Waals surface area contributed by atoms with Crippen LogP contribution >= 0.6 is 0 Å². The van der Waals surface area contributed by atoms with Crippen molar-refractivity contribution in [2.24, 2.45) is 11.8 Å². The van der Waals surface area contributed by atoms with Gasteiger partial charge in [0.1, 0.15) is 0 Å². The van der Waals surface area contributed by atoms with Gasteiger partial charge in [0.25, 0.3) is 0 Å². The van der Waals surface area contributed by atoms with E-state index in [4.69, 9.17) is 9.84 Å². The van der Waals surface area contributed by atoms with Gasteiger partial charge in [0.05, 0.1) is 13.2 Å². The Bertz CT molecular complexity index is 372. The second-order valence-electron chi connectivity index (χ2n) is 4.65. The molecule has 1 aliphatic carbocycles. The Kier molecular flexibility index (Phi) is 4.15. The van der Waals surface area contributed by atoms with Crippen molar-refractivity contribution in [1.82, 2.24) is 4.98 Å². The molecule has 1 aliphatic rings. The first kappa shape index (κ1) is 12.1. The van der Waals surface area contributed by atoms with Crippen molar-refractivity contribution < 1.29 is 9.84 Å². The van der Waals surface area contributed by atoms with E-state index in [9.17, 15) is 0 Å². The van der Waals surface area contributed by atoms with Gasteiger partial charge in [0.15, 0.2) is 0 Å². The van der Waals surface area contributed by atoms with Gasteiger partial charge < -0.3 is 9.84 Å². The lowest BCUT2D eigenvalue weighted by atomic mass is 9.85. The Hall–Kier alpha value is -1.35. The van der Waals surface area contributed by atoms with Crippen LogP contribution in [0.25, 0.3) is 0 Å². The lowest BCUT2D eigenvalue weighted by Gasteiger charge is -2.24. The number of hydrogen-bond acceptors (Lipinski definition) is 3. The van der Waals surface area contributed by atoms with Crippen molar-refractivity contribution in [2.45, 2.75) is 26.4 Å². The van der Waals surface area contributed by atoms with E-state index in [-0.39, 0.29) is 6.61 Å². The van der Waals surface area contributed by atoms with Gasteiger partial charge in [-0.1, -0.05) is 19.1 Å². The molecule has 0 spiro atoms. The van der Waals surface area contributed by atoms with Crippen molar-refractivity contribution in [3.8, 4) is 5.88 Å². The minimum atomic E-state index is 0.0255. The van der Waals surface area contributed by atoms with Crippen LogP contribution in [-0.4, -0.2) is 16.7 Å². The summed E-state index contributed by atoms with van der Waals surface area (Å²) < 4.78 is 5.69.